The van der Waals surface area contributed by atoms with Crippen LogP contribution in [0.4, 0.5) is 5.69 Å². The van der Waals surface area contributed by atoms with Gasteiger partial charge in [-0.1, -0.05) is 31.4 Å². The van der Waals surface area contributed by atoms with E-state index in [1.807, 2.05) is 6.92 Å². The SMILES string of the molecule is CCN(C1CCCC1)S(=O)(=O)c1cc(C)c(Cl)c(N)c1. The molecule has 0 heterocycles. The van der Waals surface area contributed by atoms with Crippen LogP contribution in [0.25, 0.3) is 0 Å². The highest BCUT2D eigenvalue weighted by Crippen LogP contribution is 2.32. The summed E-state index contributed by atoms with van der Waals surface area (Å²) in [4.78, 5) is 0.241. The van der Waals surface area contributed by atoms with Crippen LogP contribution in [-0.4, -0.2) is 25.3 Å². The number of aryl methyl sites for hydroxylation is 1. The van der Waals surface area contributed by atoms with E-state index in [-0.39, 0.29) is 10.9 Å². The lowest BCUT2D eigenvalue weighted by molar-refractivity contribution is 0.335. The maximum atomic E-state index is 12.8. The third kappa shape index (κ3) is 2.80. The van der Waals surface area contributed by atoms with Crippen LogP contribution >= 0.6 is 11.6 Å². The minimum absolute atomic E-state index is 0.113. The summed E-state index contributed by atoms with van der Waals surface area (Å²) in [5.41, 5.74) is 6.80. The Hall–Kier alpha value is -0.780. The van der Waals surface area contributed by atoms with Crippen LogP contribution in [0, 0.1) is 6.92 Å². The number of sulfonamides is 1. The summed E-state index contributed by atoms with van der Waals surface area (Å²) in [5.74, 6) is 0. The molecule has 20 heavy (non-hydrogen) atoms. The fraction of sp³-hybridized carbons (Fsp3) is 0.571. The molecule has 0 unspecified atom stereocenters. The fourth-order valence-corrected chi connectivity index (χ4v) is 4.79. The van der Waals surface area contributed by atoms with Crippen LogP contribution in [0.5, 0.6) is 0 Å². The lowest BCUT2D eigenvalue weighted by Crippen LogP contribution is -2.38. The standard InChI is InChI=1S/C14H21ClN2O2S/c1-3-17(11-6-4-5-7-11)20(18,19)12-8-10(2)14(15)13(16)9-12/h8-9,11H,3-7,16H2,1-2H3. The van der Waals surface area contributed by atoms with Gasteiger partial charge in [0.05, 0.1) is 15.6 Å². The van der Waals surface area contributed by atoms with Crippen LogP contribution in [0.3, 0.4) is 0 Å². The Labute approximate surface area is 126 Å². The molecule has 0 spiro atoms. The van der Waals surface area contributed by atoms with Gasteiger partial charge in [-0.05, 0) is 37.5 Å². The van der Waals surface area contributed by atoms with Crippen molar-refractivity contribution < 1.29 is 8.42 Å². The molecule has 112 valence electrons. The first kappa shape index (κ1) is 15.6. The molecule has 1 saturated carbocycles. The molecule has 0 atom stereocenters. The predicted octanol–water partition coefficient (Wildman–Crippen LogP) is 3.18. The van der Waals surface area contributed by atoms with Crippen molar-refractivity contribution in [1.29, 1.82) is 0 Å². The Morgan fingerprint density at radius 1 is 1.35 bits per heavy atom. The molecule has 0 saturated heterocycles. The van der Waals surface area contributed by atoms with Gasteiger partial charge in [0, 0.05) is 12.6 Å². The molecule has 0 aromatic heterocycles. The van der Waals surface area contributed by atoms with Gasteiger partial charge in [0.15, 0.2) is 0 Å². The van der Waals surface area contributed by atoms with E-state index in [4.69, 9.17) is 17.3 Å². The summed E-state index contributed by atoms with van der Waals surface area (Å²) in [6.45, 7) is 4.13. The van der Waals surface area contributed by atoms with Crippen LogP contribution in [0.1, 0.15) is 38.2 Å². The summed E-state index contributed by atoms with van der Waals surface area (Å²) in [6.07, 6.45) is 4.07. The van der Waals surface area contributed by atoms with Gasteiger partial charge in [0.1, 0.15) is 0 Å². The first-order chi connectivity index (χ1) is 9.37. The molecule has 0 aliphatic heterocycles. The topological polar surface area (TPSA) is 63.4 Å². The van der Waals surface area contributed by atoms with Crippen molar-refractivity contribution in [3.63, 3.8) is 0 Å². The molecule has 0 radical (unpaired) electrons. The third-order valence-corrected chi connectivity index (χ3v) is 6.43. The molecule has 2 N–H and O–H groups in total. The molecule has 2 rings (SSSR count). The first-order valence-electron chi connectivity index (χ1n) is 6.95. The van der Waals surface area contributed by atoms with Crippen LogP contribution in [0.15, 0.2) is 17.0 Å². The molecule has 1 aromatic carbocycles. The molecule has 1 fully saturated rings. The van der Waals surface area contributed by atoms with Crippen molar-refractivity contribution in [2.24, 2.45) is 0 Å². The van der Waals surface area contributed by atoms with Gasteiger partial charge < -0.3 is 5.73 Å². The van der Waals surface area contributed by atoms with Gasteiger partial charge in [-0.25, -0.2) is 8.42 Å². The largest absolute Gasteiger partial charge is 0.397 e. The summed E-state index contributed by atoms with van der Waals surface area (Å²) >= 11 is 6.01. The molecule has 6 heteroatoms. The zero-order chi connectivity index (χ0) is 14.9. The number of anilines is 1. The van der Waals surface area contributed by atoms with Gasteiger partial charge in [-0.15, -0.1) is 0 Å². The van der Waals surface area contributed by atoms with E-state index in [9.17, 15) is 8.42 Å². The van der Waals surface area contributed by atoms with Gasteiger partial charge >= 0.3 is 0 Å². The Balaban J connectivity index is 2.42. The van der Waals surface area contributed by atoms with Crippen LogP contribution in [-0.2, 0) is 10.0 Å². The van der Waals surface area contributed by atoms with E-state index in [0.717, 1.165) is 25.7 Å². The Bertz CT molecular complexity index is 572. The van der Waals surface area contributed by atoms with Gasteiger partial charge in [-0.2, -0.15) is 4.31 Å². The molecular weight excluding hydrogens is 296 g/mol. The number of nitrogen functional groups attached to an aromatic ring is 1. The Kier molecular flexibility index (Phi) is 4.62. The lowest BCUT2D eigenvalue weighted by Gasteiger charge is -2.27. The smallest absolute Gasteiger partial charge is 0.243 e. The molecule has 0 bridgehead atoms. The quantitative estimate of drug-likeness (QED) is 0.868. The number of hydrogen-bond donors (Lipinski definition) is 1. The fourth-order valence-electron chi connectivity index (χ4n) is 2.86. The maximum Gasteiger partial charge on any atom is 0.243 e. The lowest BCUT2D eigenvalue weighted by atomic mass is 10.2. The Morgan fingerprint density at radius 2 is 1.95 bits per heavy atom. The van der Waals surface area contributed by atoms with E-state index in [1.165, 1.54) is 6.07 Å². The molecule has 1 aliphatic rings. The Morgan fingerprint density at radius 3 is 2.45 bits per heavy atom. The van der Waals surface area contributed by atoms with Crippen molar-refractivity contribution in [3.8, 4) is 0 Å². The summed E-state index contributed by atoms with van der Waals surface area (Å²) in [5, 5.41) is 0.424. The highest BCUT2D eigenvalue weighted by atomic mass is 35.5. The van der Waals surface area contributed by atoms with E-state index in [0.29, 0.717) is 22.8 Å². The number of rotatable bonds is 4. The minimum Gasteiger partial charge on any atom is -0.397 e. The van der Waals surface area contributed by atoms with Gasteiger partial charge in [0.2, 0.25) is 10.0 Å². The van der Waals surface area contributed by atoms with E-state index < -0.39 is 10.0 Å². The second-order valence-corrected chi connectivity index (χ2v) is 7.56. The predicted molar refractivity (Wildman–Crippen MR) is 82.4 cm³/mol. The normalized spacial score (nSPS) is 17.0. The molecule has 4 nitrogen and oxygen atoms in total. The van der Waals surface area contributed by atoms with E-state index in [1.54, 1.807) is 17.3 Å². The van der Waals surface area contributed by atoms with E-state index in [2.05, 4.69) is 0 Å². The molecule has 0 amide bonds. The minimum atomic E-state index is -3.50. The van der Waals surface area contributed by atoms with Crippen LogP contribution < -0.4 is 5.73 Å². The van der Waals surface area contributed by atoms with Crippen molar-refractivity contribution >= 4 is 27.3 Å². The monoisotopic (exact) mass is 316 g/mol. The third-order valence-electron chi connectivity index (χ3n) is 3.91. The second-order valence-electron chi connectivity index (χ2n) is 5.29. The van der Waals surface area contributed by atoms with Crippen molar-refractivity contribution in [2.75, 3.05) is 12.3 Å². The highest BCUT2D eigenvalue weighted by molar-refractivity contribution is 7.89. The van der Waals surface area contributed by atoms with Crippen molar-refractivity contribution in [1.82, 2.24) is 4.31 Å². The van der Waals surface area contributed by atoms with Crippen molar-refractivity contribution in [3.05, 3.63) is 22.7 Å². The number of nitrogens with two attached hydrogens (primary N) is 1. The summed E-state index contributed by atoms with van der Waals surface area (Å²) < 4.78 is 27.2. The number of halogens is 1. The molecule has 1 aromatic rings. The second kappa shape index (κ2) is 5.92. The first-order valence-corrected chi connectivity index (χ1v) is 8.77. The zero-order valence-corrected chi connectivity index (χ0v) is 13.5. The van der Waals surface area contributed by atoms with E-state index >= 15 is 0 Å². The number of nitrogens with zero attached hydrogens (tertiary/aromatic N) is 1. The van der Waals surface area contributed by atoms with Gasteiger partial charge in [0.25, 0.3) is 0 Å². The summed E-state index contributed by atoms with van der Waals surface area (Å²) in [6, 6.07) is 3.18. The van der Waals surface area contributed by atoms with Gasteiger partial charge in [-0.3, -0.25) is 0 Å². The van der Waals surface area contributed by atoms with Crippen LogP contribution in [0.2, 0.25) is 5.02 Å². The zero-order valence-electron chi connectivity index (χ0n) is 11.9. The number of hydrogen-bond acceptors (Lipinski definition) is 3. The average Bonchev–Trinajstić information content (AvgIpc) is 2.89. The molecule has 1 aliphatic carbocycles. The average molecular weight is 317 g/mol. The summed E-state index contributed by atoms with van der Waals surface area (Å²) in [7, 11) is -3.50. The highest BCUT2D eigenvalue weighted by Gasteiger charge is 2.32. The van der Waals surface area contributed by atoms with Crippen molar-refractivity contribution in [2.45, 2.75) is 50.5 Å². The number of benzene rings is 1. The molecular formula is C14H21ClN2O2S. The maximum absolute atomic E-state index is 12.8.